The number of rotatable bonds is 4. The Morgan fingerprint density at radius 3 is 2.45 bits per heavy atom. The number of ether oxygens (including phenoxy) is 2. The molecule has 0 heterocycles. The van der Waals surface area contributed by atoms with E-state index in [2.05, 4.69) is 4.74 Å². The molecule has 0 saturated heterocycles. The number of hydrogen-bond acceptors (Lipinski definition) is 4. The molecule has 2 aromatic rings. The number of carbonyl (C=O) groups is 2. The van der Waals surface area contributed by atoms with Gasteiger partial charge in [0.05, 0.1) is 6.61 Å². The number of benzene rings is 2. The molecule has 2 rings (SSSR count). The first-order chi connectivity index (χ1) is 9.69. The number of hydrogen-bond donors (Lipinski definition) is 0. The predicted octanol–water partition coefficient (Wildman–Crippen LogP) is 2.86. The fourth-order valence-electron chi connectivity index (χ4n) is 1.71. The zero-order chi connectivity index (χ0) is 14.4. The smallest absolute Gasteiger partial charge is 0.336 e. The Labute approximate surface area is 116 Å². The summed E-state index contributed by atoms with van der Waals surface area (Å²) in [4.78, 5) is 22.6. The first-order valence-electron chi connectivity index (χ1n) is 6.24. The van der Waals surface area contributed by atoms with Crippen molar-refractivity contribution in [3.63, 3.8) is 0 Å². The van der Waals surface area contributed by atoms with E-state index in [0.29, 0.717) is 5.75 Å². The zero-order valence-corrected chi connectivity index (χ0v) is 11.0. The third-order valence-electron chi connectivity index (χ3n) is 2.58. The number of esters is 2. The number of fused-ring (bicyclic) bond motifs is 1. The average molecular weight is 270 g/mol. The van der Waals surface area contributed by atoms with E-state index < -0.39 is 11.9 Å². The molecule has 4 heteroatoms. The van der Waals surface area contributed by atoms with Gasteiger partial charge in [0.25, 0.3) is 0 Å². The summed E-state index contributed by atoms with van der Waals surface area (Å²) in [5, 5.41) is 2.04. The van der Waals surface area contributed by atoms with Crippen LogP contribution in [0.4, 0.5) is 0 Å². The third kappa shape index (κ3) is 3.68. The van der Waals surface area contributed by atoms with Crippen LogP contribution in [-0.4, -0.2) is 18.5 Å². The van der Waals surface area contributed by atoms with Crippen LogP contribution < -0.4 is 4.74 Å². The molecular formula is C16H14O4. The SMILES string of the molecule is CCOC(=O)/C=C/C(=O)Oc1ccc2ccccc2c1. The van der Waals surface area contributed by atoms with E-state index in [1.807, 2.05) is 30.3 Å². The van der Waals surface area contributed by atoms with Crippen LogP contribution in [0.2, 0.25) is 0 Å². The first-order valence-corrected chi connectivity index (χ1v) is 6.24. The monoisotopic (exact) mass is 270 g/mol. The van der Waals surface area contributed by atoms with E-state index in [1.54, 1.807) is 19.1 Å². The maximum atomic E-state index is 11.5. The Balaban J connectivity index is 2.04. The molecular weight excluding hydrogens is 256 g/mol. The average Bonchev–Trinajstić information content (AvgIpc) is 2.45. The Bertz CT molecular complexity index is 658. The van der Waals surface area contributed by atoms with Gasteiger partial charge in [0.2, 0.25) is 0 Å². The minimum absolute atomic E-state index is 0.267. The van der Waals surface area contributed by atoms with Crippen molar-refractivity contribution in [2.45, 2.75) is 6.92 Å². The van der Waals surface area contributed by atoms with Gasteiger partial charge in [0, 0.05) is 12.2 Å². The summed E-state index contributed by atoms with van der Waals surface area (Å²) in [6, 6.07) is 13.1. The van der Waals surface area contributed by atoms with Crippen molar-refractivity contribution in [1.29, 1.82) is 0 Å². The van der Waals surface area contributed by atoms with Crippen LogP contribution in [-0.2, 0) is 14.3 Å². The molecule has 0 aromatic heterocycles. The largest absolute Gasteiger partial charge is 0.463 e. The molecule has 102 valence electrons. The summed E-state index contributed by atoms with van der Waals surface area (Å²) in [5.41, 5.74) is 0. The highest BCUT2D eigenvalue weighted by atomic mass is 16.5. The molecule has 0 aliphatic heterocycles. The van der Waals surface area contributed by atoms with Gasteiger partial charge in [0.15, 0.2) is 0 Å². The molecule has 0 radical (unpaired) electrons. The van der Waals surface area contributed by atoms with Gasteiger partial charge in [0.1, 0.15) is 5.75 Å². The van der Waals surface area contributed by atoms with Crippen LogP contribution in [0.15, 0.2) is 54.6 Å². The maximum Gasteiger partial charge on any atom is 0.336 e. The zero-order valence-electron chi connectivity index (χ0n) is 11.0. The summed E-state index contributed by atoms with van der Waals surface area (Å²) < 4.78 is 9.78. The molecule has 0 unspecified atom stereocenters. The Morgan fingerprint density at radius 1 is 1.00 bits per heavy atom. The van der Waals surface area contributed by atoms with Crippen LogP contribution in [0, 0.1) is 0 Å². The van der Waals surface area contributed by atoms with E-state index in [4.69, 9.17) is 4.74 Å². The van der Waals surface area contributed by atoms with Crippen molar-refractivity contribution in [3.05, 3.63) is 54.6 Å². The Hall–Kier alpha value is -2.62. The molecule has 0 N–H and O–H groups in total. The van der Waals surface area contributed by atoms with E-state index in [0.717, 1.165) is 22.9 Å². The van der Waals surface area contributed by atoms with Gasteiger partial charge in [-0.05, 0) is 29.8 Å². The molecule has 0 aliphatic rings. The van der Waals surface area contributed by atoms with Crippen molar-refractivity contribution >= 4 is 22.7 Å². The van der Waals surface area contributed by atoms with Crippen LogP contribution >= 0.6 is 0 Å². The minimum atomic E-state index is -0.617. The lowest BCUT2D eigenvalue weighted by Crippen LogP contribution is -2.06. The molecule has 0 amide bonds. The minimum Gasteiger partial charge on any atom is -0.463 e. The first kappa shape index (κ1) is 13.8. The molecule has 0 bridgehead atoms. The van der Waals surface area contributed by atoms with Crippen molar-refractivity contribution in [2.75, 3.05) is 6.61 Å². The third-order valence-corrected chi connectivity index (χ3v) is 2.58. The normalized spacial score (nSPS) is 10.7. The van der Waals surface area contributed by atoms with Crippen molar-refractivity contribution in [3.8, 4) is 5.75 Å². The van der Waals surface area contributed by atoms with E-state index in [-0.39, 0.29) is 6.61 Å². The molecule has 0 spiro atoms. The van der Waals surface area contributed by atoms with Crippen LogP contribution in [0.3, 0.4) is 0 Å². The molecule has 2 aromatic carbocycles. The molecule has 20 heavy (non-hydrogen) atoms. The van der Waals surface area contributed by atoms with Gasteiger partial charge in [-0.15, -0.1) is 0 Å². The Kier molecular flexibility index (Phi) is 4.50. The fourth-order valence-corrected chi connectivity index (χ4v) is 1.71. The second-order valence-corrected chi connectivity index (χ2v) is 4.02. The second-order valence-electron chi connectivity index (χ2n) is 4.02. The highest BCUT2D eigenvalue weighted by Gasteiger charge is 2.03. The van der Waals surface area contributed by atoms with Gasteiger partial charge in [-0.3, -0.25) is 0 Å². The maximum absolute atomic E-state index is 11.5. The van der Waals surface area contributed by atoms with Crippen molar-refractivity contribution < 1.29 is 19.1 Å². The second kappa shape index (κ2) is 6.52. The summed E-state index contributed by atoms with van der Waals surface area (Å²) >= 11 is 0. The topological polar surface area (TPSA) is 52.6 Å². The lowest BCUT2D eigenvalue weighted by atomic mass is 10.1. The standard InChI is InChI=1S/C16H14O4/c1-2-19-15(17)9-10-16(18)20-14-8-7-12-5-3-4-6-13(12)11-14/h3-11H,2H2,1H3/b10-9+. The van der Waals surface area contributed by atoms with Crippen molar-refractivity contribution in [1.82, 2.24) is 0 Å². The van der Waals surface area contributed by atoms with E-state index >= 15 is 0 Å². The fraction of sp³-hybridized carbons (Fsp3) is 0.125. The molecule has 0 fully saturated rings. The summed E-state index contributed by atoms with van der Waals surface area (Å²) in [6.45, 7) is 1.96. The van der Waals surface area contributed by atoms with Crippen molar-refractivity contribution in [2.24, 2.45) is 0 Å². The lowest BCUT2D eigenvalue weighted by molar-refractivity contribution is -0.138. The molecule has 0 aliphatic carbocycles. The summed E-state index contributed by atoms with van der Waals surface area (Å²) in [5.74, 6) is -0.751. The van der Waals surface area contributed by atoms with Gasteiger partial charge >= 0.3 is 11.9 Å². The van der Waals surface area contributed by atoms with Gasteiger partial charge in [-0.25, -0.2) is 9.59 Å². The summed E-state index contributed by atoms with van der Waals surface area (Å²) in [6.07, 6.45) is 2.10. The lowest BCUT2D eigenvalue weighted by Gasteiger charge is -2.03. The Morgan fingerprint density at radius 2 is 1.70 bits per heavy atom. The molecule has 4 nitrogen and oxygen atoms in total. The van der Waals surface area contributed by atoms with E-state index in [1.165, 1.54) is 0 Å². The molecule has 0 atom stereocenters. The highest BCUT2D eigenvalue weighted by molar-refractivity contribution is 5.93. The highest BCUT2D eigenvalue weighted by Crippen LogP contribution is 2.20. The van der Waals surface area contributed by atoms with E-state index in [9.17, 15) is 9.59 Å². The van der Waals surface area contributed by atoms with Gasteiger partial charge in [-0.1, -0.05) is 30.3 Å². The number of carbonyl (C=O) groups excluding carboxylic acids is 2. The van der Waals surface area contributed by atoms with Crippen LogP contribution in [0.1, 0.15) is 6.92 Å². The van der Waals surface area contributed by atoms with Crippen LogP contribution in [0.5, 0.6) is 5.75 Å². The quantitative estimate of drug-likeness (QED) is 0.487. The van der Waals surface area contributed by atoms with Crippen LogP contribution in [0.25, 0.3) is 10.8 Å². The molecule has 0 saturated carbocycles. The van der Waals surface area contributed by atoms with Gasteiger partial charge < -0.3 is 9.47 Å². The summed E-state index contributed by atoms with van der Waals surface area (Å²) in [7, 11) is 0. The predicted molar refractivity (Wildman–Crippen MR) is 75.4 cm³/mol. The van der Waals surface area contributed by atoms with Gasteiger partial charge in [-0.2, -0.15) is 0 Å².